The third-order valence-electron chi connectivity index (χ3n) is 1.25. The first kappa shape index (κ1) is 9.50. The van der Waals surface area contributed by atoms with Gasteiger partial charge in [0.25, 0.3) is 0 Å². The summed E-state index contributed by atoms with van der Waals surface area (Å²) in [7, 11) is 0. The maximum atomic E-state index is 7.24. The van der Waals surface area contributed by atoms with E-state index in [4.69, 9.17) is 5.41 Å². The Morgan fingerprint density at radius 3 is 2.20 bits per heavy atom. The molecule has 0 atom stereocenters. The van der Waals surface area contributed by atoms with Gasteiger partial charge in [-0.25, -0.2) is 0 Å². The van der Waals surface area contributed by atoms with E-state index < -0.39 is 0 Å². The number of allylic oxidation sites excluding steroid dienone is 3. The Kier molecular flexibility index (Phi) is 4.12. The topological polar surface area (TPSA) is 23.9 Å². The molecule has 1 nitrogen and oxygen atoms in total. The number of hydrogen-bond acceptors (Lipinski definition) is 2. The first-order chi connectivity index (χ1) is 4.57. The van der Waals surface area contributed by atoms with Crippen molar-refractivity contribution in [2.45, 2.75) is 20.8 Å². The summed E-state index contributed by atoms with van der Waals surface area (Å²) in [5, 5.41) is 7.24. The van der Waals surface area contributed by atoms with Gasteiger partial charge in [0.2, 0.25) is 0 Å². The summed E-state index contributed by atoms with van der Waals surface area (Å²) in [5.41, 5.74) is 1.55. The van der Waals surface area contributed by atoms with Crippen LogP contribution in [0.15, 0.2) is 22.6 Å². The minimum Gasteiger partial charge on any atom is -0.305 e. The fraction of sp³-hybridized carbons (Fsp3) is 0.375. The van der Waals surface area contributed by atoms with Crippen LogP contribution in [0.1, 0.15) is 20.8 Å². The highest BCUT2D eigenvalue weighted by atomic mass is 32.1. The van der Waals surface area contributed by atoms with E-state index >= 15 is 0 Å². The molecule has 0 aromatic heterocycles. The SMILES string of the molecule is C/C=C(S)/C=C(/C)C(C)=N. The zero-order valence-electron chi connectivity index (χ0n) is 6.60. The molecule has 0 bridgehead atoms. The molecule has 0 saturated carbocycles. The van der Waals surface area contributed by atoms with Crippen LogP contribution in [0, 0.1) is 5.41 Å². The average Bonchev–Trinajstić information content (AvgIpc) is 1.87. The summed E-state index contributed by atoms with van der Waals surface area (Å²) >= 11 is 4.15. The van der Waals surface area contributed by atoms with E-state index in [1.165, 1.54) is 0 Å². The molecule has 0 aliphatic carbocycles. The summed E-state index contributed by atoms with van der Waals surface area (Å²) < 4.78 is 0. The van der Waals surface area contributed by atoms with E-state index in [9.17, 15) is 0 Å². The minimum absolute atomic E-state index is 0.591. The van der Waals surface area contributed by atoms with Crippen molar-refractivity contribution in [3.05, 3.63) is 22.6 Å². The Bertz CT molecular complexity index is 189. The van der Waals surface area contributed by atoms with Gasteiger partial charge < -0.3 is 5.41 Å². The zero-order valence-corrected chi connectivity index (χ0v) is 7.50. The predicted molar refractivity (Wildman–Crippen MR) is 49.9 cm³/mol. The van der Waals surface area contributed by atoms with Crippen molar-refractivity contribution >= 4 is 18.3 Å². The minimum atomic E-state index is 0.591. The Hall–Kier alpha value is -0.500. The first-order valence-electron chi connectivity index (χ1n) is 3.17. The van der Waals surface area contributed by atoms with Crippen LogP contribution in [-0.2, 0) is 0 Å². The van der Waals surface area contributed by atoms with Crippen LogP contribution in [0.3, 0.4) is 0 Å². The van der Waals surface area contributed by atoms with Crippen molar-refractivity contribution in [2.75, 3.05) is 0 Å². The lowest BCUT2D eigenvalue weighted by molar-refractivity contribution is 1.42. The van der Waals surface area contributed by atoms with Crippen molar-refractivity contribution in [3.8, 4) is 0 Å². The number of thiol groups is 1. The molecule has 0 unspecified atom stereocenters. The lowest BCUT2D eigenvalue weighted by Crippen LogP contribution is -1.89. The highest BCUT2D eigenvalue weighted by molar-refractivity contribution is 7.84. The highest BCUT2D eigenvalue weighted by Gasteiger charge is 1.90. The van der Waals surface area contributed by atoms with E-state index in [0.717, 1.165) is 10.5 Å². The molecule has 0 spiro atoms. The van der Waals surface area contributed by atoms with E-state index in [0.29, 0.717) is 5.71 Å². The largest absolute Gasteiger partial charge is 0.305 e. The van der Waals surface area contributed by atoms with E-state index in [1.807, 2.05) is 26.0 Å². The fourth-order valence-electron chi connectivity index (χ4n) is 0.413. The van der Waals surface area contributed by atoms with Crippen molar-refractivity contribution in [1.82, 2.24) is 0 Å². The molecule has 0 aliphatic heterocycles. The molecular weight excluding hydrogens is 142 g/mol. The molecule has 0 radical (unpaired) electrons. The molecule has 0 aromatic carbocycles. The van der Waals surface area contributed by atoms with Crippen LogP contribution in [0.5, 0.6) is 0 Å². The molecule has 0 aromatic rings. The van der Waals surface area contributed by atoms with Gasteiger partial charge in [0, 0.05) is 10.6 Å². The lowest BCUT2D eigenvalue weighted by Gasteiger charge is -1.95. The second-order valence-electron chi connectivity index (χ2n) is 2.17. The molecule has 56 valence electrons. The summed E-state index contributed by atoms with van der Waals surface area (Å²) in [5.74, 6) is 0. The van der Waals surface area contributed by atoms with Gasteiger partial charge in [-0.1, -0.05) is 6.08 Å². The third-order valence-corrected chi connectivity index (χ3v) is 1.64. The van der Waals surface area contributed by atoms with E-state index in [-0.39, 0.29) is 0 Å². The molecule has 2 heteroatoms. The van der Waals surface area contributed by atoms with Crippen molar-refractivity contribution < 1.29 is 0 Å². The van der Waals surface area contributed by atoms with Gasteiger partial charge in [-0.05, 0) is 32.4 Å². The van der Waals surface area contributed by atoms with Gasteiger partial charge in [-0.3, -0.25) is 0 Å². The Morgan fingerprint density at radius 2 is 1.90 bits per heavy atom. The summed E-state index contributed by atoms with van der Waals surface area (Å²) in [6.07, 6.45) is 3.78. The average molecular weight is 155 g/mol. The van der Waals surface area contributed by atoms with Gasteiger partial charge in [-0.2, -0.15) is 0 Å². The van der Waals surface area contributed by atoms with Gasteiger partial charge >= 0.3 is 0 Å². The number of rotatable bonds is 2. The Labute approximate surface area is 67.8 Å². The van der Waals surface area contributed by atoms with Crippen LogP contribution in [-0.4, -0.2) is 5.71 Å². The van der Waals surface area contributed by atoms with Crippen LogP contribution in [0.25, 0.3) is 0 Å². The molecule has 10 heavy (non-hydrogen) atoms. The quantitative estimate of drug-likeness (QED) is 0.348. The van der Waals surface area contributed by atoms with Gasteiger partial charge in [0.05, 0.1) is 0 Å². The molecule has 0 saturated heterocycles. The van der Waals surface area contributed by atoms with Crippen molar-refractivity contribution in [2.24, 2.45) is 0 Å². The maximum absolute atomic E-state index is 7.24. The van der Waals surface area contributed by atoms with Crippen LogP contribution < -0.4 is 0 Å². The molecule has 0 heterocycles. The van der Waals surface area contributed by atoms with E-state index in [1.54, 1.807) is 6.92 Å². The summed E-state index contributed by atoms with van der Waals surface area (Å²) in [6.45, 7) is 5.59. The zero-order chi connectivity index (χ0) is 8.15. The third kappa shape index (κ3) is 3.51. The van der Waals surface area contributed by atoms with Crippen molar-refractivity contribution in [3.63, 3.8) is 0 Å². The summed E-state index contributed by atoms with van der Waals surface area (Å²) in [4.78, 5) is 0.907. The van der Waals surface area contributed by atoms with Gasteiger partial charge in [0.15, 0.2) is 0 Å². The van der Waals surface area contributed by atoms with Gasteiger partial charge in [0.1, 0.15) is 0 Å². The Morgan fingerprint density at radius 1 is 1.40 bits per heavy atom. The fourth-order valence-corrected chi connectivity index (χ4v) is 0.607. The molecule has 0 aliphatic rings. The number of hydrogen-bond donors (Lipinski definition) is 2. The number of nitrogens with one attached hydrogen (secondary N) is 1. The molecule has 0 amide bonds. The van der Waals surface area contributed by atoms with Crippen LogP contribution >= 0.6 is 12.6 Å². The smallest absolute Gasteiger partial charge is 0.0312 e. The van der Waals surface area contributed by atoms with E-state index in [2.05, 4.69) is 12.6 Å². The lowest BCUT2D eigenvalue weighted by atomic mass is 10.2. The van der Waals surface area contributed by atoms with Crippen molar-refractivity contribution in [1.29, 1.82) is 5.41 Å². The molecule has 0 rings (SSSR count). The maximum Gasteiger partial charge on any atom is 0.0312 e. The normalized spacial score (nSPS) is 13.6. The molecule has 0 fully saturated rings. The monoisotopic (exact) mass is 155 g/mol. The Balaban J connectivity index is 4.31. The second kappa shape index (κ2) is 4.34. The standard InChI is InChI=1S/C8H13NS/c1-4-8(10)5-6(2)7(3)9/h4-5,9-10H,1-3H3/b6-5-,8-4-,9-7?. The molecule has 1 N–H and O–H groups in total. The van der Waals surface area contributed by atoms with Crippen LogP contribution in [0.2, 0.25) is 0 Å². The molecular formula is C8H13NS. The second-order valence-corrected chi connectivity index (χ2v) is 2.68. The first-order valence-corrected chi connectivity index (χ1v) is 3.61. The summed E-state index contributed by atoms with van der Waals surface area (Å²) in [6, 6.07) is 0. The predicted octanol–water partition coefficient (Wildman–Crippen LogP) is 2.81. The van der Waals surface area contributed by atoms with Gasteiger partial charge in [-0.15, -0.1) is 12.6 Å². The van der Waals surface area contributed by atoms with Crippen LogP contribution in [0.4, 0.5) is 0 Å². The highest BCUT2D eigenvalue weighted by Crippen LogP contribution is 2.06.